The summed E-state index contributed by atoms with van der Waals surface area (Å²) in [6, 6.07) is 11.0. The molecule has 7 nitrogen and oxygen atoms in total. The first-order valence-corrected chi connectivity index (χ1v) is 10.1. The first-order valence-electron chi connectivity index (χ1n) is 7.06. The predicted octanol–water partition coefficient (Wildman–Crippen LogP) is 0.979. The van der Waals surface area contributed by atoms with Crippen LogP contribution in [0.4, 0.5) is 0 Å². The second-order valence-corrected chi connectivity index (χ2v) is 8.74. The van der Waals surface area contributed by atoms with Crippen molar-refractivity contribution in [2.75, 3.05) is 6.26 Å². The van der Waals surface area contributed by atoms with Gasteiger partial charge in [0, 0.05) is 23.0 Å². The van der Waals surface area contributed by atoms with E-state index in [0.29, 0.717) is 10.5 Å². The van der Waals surface area contributed by atoms with Gasteiger partial charge < -0.3 is 16.0 Å². The number of nitrogens with zero attached hydrogens (tertiary/aromatic N) is 1. The van der Waals surface area contributed by atoms with Crippen LogP contribution >= 0.6 is 0 Å². The summed E-state index contributed by atoms with van der Waals surface area (Å²) in [5.74, 6) is -1.19. The first kappa shape index (κ1) is 19.0. The molecule has 0 radical (unpaired) electrons. The Balaban J connectivity index is 2.68. The molecule has 0 saturated heterocycles. The van der Waals surface area contributed by atoms with Gasteiger partial charge in [0.1, 0.15) is 4.90 Å². The van der Waals surface area contributed by atoms with Gasteiger partial charge in [-0.05, 0) is 36.8 Å². The molecule has 0 spiro atoms. The summed E-state index contributed by atoms with van der Waals surface area (Å²) in [5.41, 5.74) is 10.8. The van der Waals surface area contributed by atoms with Crippen molar-refractivity contribution in [3.05, 3.63) is 53.6 Å². The SMILES string of the molecule is Cc1cc([S+]([O-])c2ccccc2)c(S(C)(=O)=O)cc1C(=O)N=C(N)N. The Bertz CT molecular complexity index is 937. The van der Waals surface area contributed by atoms with Gasteiger partial charge in [-0.25, -0.2) is 8.42 Å². The maximum atomic E-state index is 12.8. The summed E-state index contributed by atoms with van der Waals surface area (Å²) in [7, 11) is -3.74. The summed E-state index contributed by atoms with van der Waals surface area (Å²) in [5, 5.41) is 0. The number of hydrogen-bond acceptors (Lipinski definition) is 4. The molecule has 4 N–H and O–H groups in total. The van der Waals surface area contributed by atoms with Crippen LogP contribution in [0.25, 0.3) is 0 Å². The molecular formula is C16H17N3O4S2. The van der Waals surface area contributed by atoms with E-state index >= 15 is 0 Å². The molecule has 132 valence electrons. The van der Waals surface area contributed by atoms with Crippen LogP contribution in [0.2, 0.25) is 0 Å². The van der Waals surface area contributed by atoms with Crippen LogP contribution in [-0.4, -0.2) is 31.1 Å². The minimum atomic E-state index is -3.74. The van der Waals surface area contributed by atoms with E-state index in [-0.39, 0.29) is 15.4 Å². The monoisotopic (exact) mass is 379 g/mol. The molecule has 9 heteroatoms. The maximum absolute atomic E-state index is 12.8. The third-order valence-electron chi connectivity index (χ3n) is 3.31. The number of hydrogen-bond donors (Lipinski definition) is 2. The highest BCUT2D eigenvalue weighted by atomic mass is 32.2. The molecule has 2 rings (SSSR count). The van der Waals surface area contributed by atoms with Gasteiger partial charge in [-0.1, -0.05) is 18.2 Å². The molecule has 0 heterocycles. The van der Waals surface area contributed by atoms with Gasteiger partial charge in [-0.2, -0.15) is 4.99 Å². The highest BCUT2D eigenvalue weighted by Gasteiger charge is 2.27. The Hall–Kier alpha value is -2.36. The summed E-state index contributed by atoms with van der Waals surface area (Å²) >= 11 is -1.72. The van der Waals surface area contributed by atoms with Gasteiger partial charge in [0.15, 0.2) is 25.6 Å². The summed E-state index contributed by atoms with van der Waals surface area (Å²) < 4.78 is 37.2. The molecule has 25 heavy (non-hydrogen) atoms. The van der Waals surface area contributed by atoms with Gasteiger partial charge in [0.05, 0.1) is 0 Å². The van der Waals surface area contributed by atoms with Crippen molar-refractivity contribution in [1.29, 1.82) is 0 Å². The first-order chi connectivity index (χ1) is 11.6. The normalized spacial score (nSPS) is 12.4. The lowest BCUT2D eigenvalue weighted by atomic mass is 10.1. The van der Waals surface area contributed by atoms with E-state index in [1.807, 2.05) is 0 Å². The molecule has 0 aliphatic carbocycles. The van der Waals surface area contributed by atoms with E-state index in [9.17, 15) is 17.8 Å². The maximum Gasteiger partial charge on any atom is 0.280 e. The molecule has 0 aliphatic rings. The number of nitrogens with two attached hydrogens (primary N) is 2. The van der Waals surface area contributed by atoms with Crippen LogP contribution in [-0.2, 0) is 21.0 Å². The number of guanidine groups is 1. The van der Waals surface area contributed by atoms with E-state index in [0.717, 1.165) is 12.3 Å². The number of carbonyl (C=O) groups is 1. The van der Waals surface area contributed by atoms with Gasteiger partial charge in [0.25, 0.3) is 5.91 Å². The lowest BCUT2D eigenvalue weighted by Gasteiger charge is -2.15. The highest BCUT2D eigenvalue weighted by molar-refractivity contribution is 7.94. The van der Waals surface area contributed by atoms with Crippen molar-refractivity contribution in [3.63, 3.8) is 0 Å². The highest BCUT2D eigenvalue weighted by Crippen LogP contribution is 2.30. The fraction of sp³-hybridized carbons (Fsp3) is 0.125. The molecule has 0 saturated carbocycles. The van der Waals surface area contributed by atoms with Crippen LogP contribution in [0.1, 0.15) is 15.9 Å². The predicted molar refractivity (Wildman–Crippen MR) is 95.5 cm³/mol. The number of carbonyl (C=O) groups excluding carboxylic acids is 1. The van der Waals surface area contributed by atoms with E-state index in [4.69, 9.17) is 11.5 Å². The second-order valence-electron chi connectivity index (χ2n) is 5.31. The number of aliphatic imine (C=N–C) groups is 1. The van der Waals surface area contributed by atoms with Crippen molar-refractivity contribution in [2.24, 2.45) is 16.5 Å². The average Bonchev–Trinajstić information content (AvgIpc) is 2.52. The Labute approximate surface area is 148 Å². The Kier molecular flexibility index (Phi) is 5.51. The van der Waals surface area contributed by atoms with Crippen molar-refractivity contribution in [1.82, 2.24) is 0 Å². The van der Waals surface area contributed by atoms with Gasteiger partial charge in [0.2, 0.25) is 0 Å². The Morgan fingerprint density at radius 1 is 1.16 bits per heavy atom. The van der Waals surface area contributed by atoms with Gasteiger partial charge >= 0.3 is 0 Å². The smallest absolute Gasteiger partial charge is 0.280 e. The molecular weight excluding hydrogens is 362 g/mol. The third kappa shape index (κ3) is 4.38. The van der Waals surface area contributed by atoms with E-state index in [1.165, 1.54) is 6.07 Å². The molecule has 1 unspecified atom stereocenters. The second kappa shape index (κ2) is 7.26. The van der Waals surface area contributed by atoms with Crippen molar-refractivity contribution >= 4 is 32.9 Å². The molecule has 0 fully saturated rings. The lowest BCUT2D eigenvalue weighted by molar-refractivity contribution is 0.100. The average molecular weight is 379 g/mol. The molecule has 0 aliphatic heterocycles. The standard InChI is InChI=1S/C16H17N3O4S2/c1-10-8-13(24(21)11-6-4-3-5-7-11)14(25(2,22)23)9-12(10)15(20)19-16(17)18/h3-9H,1-2H3,(H4,17,18,19,20). The van der Waals surface area contributed by atoms with Crippen LogP contribution < -0.4 is 11.5 Å². The fourth-order valence-corrected chi connectivity index (χ4v) is 4.80. The molecule has 0 bridgehead atoms. The van der Waals surface area contributed by atoms with Crippen molar-refractivity contribution in [3.8, 4) is 0 Å². The molecule has 1 atom stereocenters. The molecule has 2 aromatic rings. The molecule has 0 aromatic heterocycles. The Morgan fingerprint density at radius 2 is 1.76 bits per heavy atom. The summed E-state index contributed by atoms with van der Waals surface area (Å²) in [6.07, 6.45) is 0.984. The minimum absolute atomic E-state index is 0.0302. The Morgan fingerprint density at radius 3 is 2.28 bits per heavy atom. The molecule has 1 amide bonds. The quantitative estimate of drug-likeness (QED) is 0.461. The van der Waals surface area contributed by atoms with E-state index in [2.05, 4.69) is 4.99 Å². The lowest BCUT2D eigenvalue weighted by Crippen LogP contribution is -2.24. The summed E-state index contributed by atoms with van der Waals surface area (Å²) in [6.45, 7) is 1.59. The summed E-state index contributed by atoms with van der Waals surface area (Å²) in [4.78, 5) is 15.9. The van der Waals surface area contributed by atoms with Gasteiger partial charge in [-0.15, -0.1) is 0 Å². The zero-order valence-electron chi connectivity index (χ0n) is 13.6. The number of aryl methyl sites for hydroxylation is 1. The zero-order chi connectivity index (χ0) is 18.8. The van der Waals surface area contributed by atoms with Crippen LogP contribution in [0.5, 0.6) is 0 Å². The third-order valence-corrected chi connectivity index (χ3v) is 6.01. The van der Waals surface area contributed by atoms with Crippen LogP contribution in [0.3, 0.4) is 0 Å². The number of benzene rings is 2. The van der Waals surface area contributed by atoms with Crippen LogP contribution in [0.15, 0.2) is 62.1 Å². The fourth-order valence-electron chi connectivity index (χ4n) is 2.18. The minimum Gasteiger partial charge on any atom is -0.606 e. The number of rotatable bonds is 4. The number of amides is 1. The topological polar surface area (TPSA) is 139 Å². The largest absolute Gasteiger partial charge is 0.606 e. The number of sulfone groups is 1. The van der Waals surface area contributed by atoms with E-state index < -0.39 is 32.9 Å². The van der Waals surface area contributed by atoms with Crippen molar-refractivity contribution < 1.29 is 17.8 Å². The van der Waals surface area contributed by atoms with E-state index in [1.54, 1.807) is 37.3 Å². The van der Waals surface area contributed by atoms with Gasteiger partial charge in [-0.3, -0.25) is 4.79 Å². The van der Waals surface area contributed by atoms with Crippen LogP contribution in [0, 0.1) is 6.92 Å². The zero-order valence-corrected chi connectivity index (χ0v) is 15.2. The van der Waals surface area contributed by atoms with Crippen molar-refractivity contribution in [2.45, 2.75) is 21.6 Å². The molecule has 2 aromatic carbocycles.